The lowest BCUT2D eigenvalue weighted by Crippen LogP contribution is -2.08. The molecule has 0 aliphatic heterocycles. The summed E-state index contributed by atoms with van der Waals surface area (Å²) in [5.74, 6) is 1.98. The summed E-state index contributed by atoms with van der Waals surface area (Å²) in [6, 6.07) is 65.3. The van der Waals surface area contributed by atoms with Crippen LogP contribution in [0.4, 0.5) is 0 Å². The van der Waals surface area contributed by atoms with Gasteiger partial charge in [-0.3, -0.25) is 0 Å². The quantitative estimate of drug-likeness (QED) is 0.176. The van der Waals surface area contributed by atoms with Crippen LogP contribution in [0.1, 0.15) is 11.3 Å². The Bertz CT molecular complexity index is 3380. The minimum atomic E-state index is 0.653. The van der Waals surface area contributed by atoms with E-state index in [1.165, 1.54) is 69.9 Å². The Morgan fingerprint density at radius 2 is 1.03 bits per heavy atom. The summed E-state index contributed by atoms with van der Waals surface area (Å²) in [6.45, 7) is 0. The predicted molar refractivity (Wildman–Crippen MR) is 242 cm³/mol. The van der Waals surface area contributed by atoms with Crippen molar-refractivity contribution in [2.45, 2.75) is 12.8 Å². The van der Waals surface area contributed by atoms with Gasteiger partial charge >= 0.3 is 0 Å². The van der Waals surface area contributed by atoms with Gasteiger partial charge in [-0.15, -0.1) is 11.3 Å². The van der Waals surface area contributed by atoms with Crippen LogP contribution in [-0.4, -0.2) is 19.5 Å². The van der Waals surface area contributed by atoms with Crippen LogP contribution in [0.15, 0.2) is 182 Å². The molecule has 0 bridgehead atoms. The van der Waals surface area contributed by atoms with Crippen molar-refractivity contribution in [1.29, 1.82) is 0 Å². The minimum Gasteiger partial charge on any atom is -0.313 e. The molecule has 1 aliphatic rings. The summed E-state index contributed by atoms with van der Waals surface area (Å²) in [5, 5.41) is 6.46. The Labute approximate surface area is 339 Å². The first kappa shape index (κ1) is 33.0. The number of aryl methyl sites for hydroxylation is 1. The lowest BCUT2D eigenvalue weighted by Gasteiger charge is -2.19. The van der Waals surface area contributed by atoms with E-state index in [9.17, 15) is 0 Å². The summed E-state index contributed by atoms with van der Waals surface area (Å²) in [7, 11) is 0. The van der Waals surface area contributed by atoms with Gasteiger partial charge in [0.15, 0.2) is 17.5 Å². The molecule has 12 rings (SSSR count). The summed E-state index contributed by atoms with van der Waals surface area (Å²) in [6.07, 6.45) is 2.04. The molecule has 0 unspecified atom stereocenters. The van der Waals surface area contributed by atoms with Crippen LogP contribution in [-0.2, 0) is 12.8 Å². The molecule has 1 aliphatic carbocycles. The highest BCUT2D eigenvalue weighted by atomic mass is 32.1. The van der Waals surface area contributed by atoms with Gasteiger partial charge in [0.2, 0.25) is 0 Å². The van der Waals surface area contributed by atoms with Gasteiger partial charge in [0.25, 0.3) is 0 Å². The number of hydrogen-bond donors (Lipinski definition) is 0. The first-order valence-corrected chi connectivity index (χ1v) is 20.6. The molecule has 0 N–H and O–H groups in total. The highest BCUT2D eigenvalue weighted by molar-refractivity contribution is 7.25. The highest BCUT2D eigenvalue weighted by Crippen LogP contribution is 2.45. The highest BCUT2D eigenvalue weighted by Gasteiger charge is 2.26. The zero-order chi connectivity index (χ0) is 38.2. The number of hydrogen-bond acceptors (Lipinski definition) is 4. The number of fused-ring (bicyclic) bond motifs is 10. The van der Waals surface area contributed by atoms with E-state index in [1.54, 1.807) is 11.3 Å². The molecule has 4 nitrogen and oxygen atoms in total. The molecule has 0 spiro atoms. The number of nitrogens with zero attached hydrogens (tertiary/aromatic N) is 4. The van der Waals surface area contributed by atoms with Crippen LogP contribution in [0.2, 0.25) is 0 Å². The second kappa shape index (κ2) is 13.2. The SMILES string of the molecule is c1ccc(-c2nc(-c3ccc(-c4ccc(-n5c6c(c7c8ccccc8ccc75)-c5ccccc5CC6)cc4)cc3)nc(-c3ccc4c(c3)sc3ccccc34)n2)cc1. The lowest BCUT2D eigenvalue weighted by molar-refractivity contribution is 0.866. The summed E-state index contributed by atoms with van der Waals surface area (Å²) in [5.41, 5.74) is 13.2. The normalized spacial score (nSPS) is 12.3. The fraction of sp³-hybridized carbons (Fsp3) is 0.0377. The topological polar surface area (TPSA) is 43.6 Å². The third-order valence-corrected chi connectivity index (χ3v) is 12.9. The van der Waals surface area contributed by atoms with Gasteiger partial charge in [-0.25, -0.2) is 15.0 Å². The molecule has 3 aromatic heterocycles. The molecule has 0 atom stereocenters. The van der Waals surface area contributed by atoms with Crippen LogP contribution < -0.4 is 0 Å². The number of thiophene rings is 1. The van der Waals surface area contributed by atoms with Crippen molar-refractivity contribution in [1.82, 2.24) is 19.5 Å². The molecule has 8 aromatic carbocycles. The third kappa shape index (κ3) is 5.32. The van der Waals surface area contributed by atoms with Crippen molar-refractivity contribution in [3.63, 3.8) is 0 Å². The van der Waals surface area contributed by atoms with Crippen molar-refractivity contribution in [2.24, 2.45) is 0 Å². The fourth-order valence-corrected chi connectivity index (χ4v) is 10.1. The molecule has 3 heterocycles. The predicted octanol–water partition coefficient (Wildman–Crippen LogP) is 13.8. The smallest absolute Gasteiger partial charge is 0.164 e. The average molecular weight is 759 g/mol. The molecule has 0 fully saturated rings. The molecule has 0 saturated heterocycles. The van der Waals surface area contributed by atoms with E-state index in [-0.39, 0.29) is 0 Å². The van der Waals surface area contributed by atoms with Crippen molar-refractivity contribution >= 4 is 53.2 Å². The maximum absolute atomic E-state index is 5.08. The van der Waals surface area contributed by atoms with Crippen LogP contribution in [0.3, 0.4) is 0 Å². The van der Waals surface area contributed by atoms with E-state index < -0.39 is 0 Å². The van der Waals surface area contributed by atoms with Crippen LogP contribution in [0.5, 0.6) is 0 Å². The number of benzene rings is 8. The Hall–Kier alpha value is -7.21. The average Bonchev–Trinajstić information content (AvgIpc) is 3.85. The largest absolute Gasteiger partial charge is 0.313 e. The van der Waals surface area contributed by atoms with Crippen molar-refractivity contribution in [3.8, 4) is 62.1 Å². The Morgan fingerprint density at radius 1 is 0.431 bits per heavy atom. The molecule has 11 aromatic rings. The zero-order valence-electron chi connectivity index (χ0n) is 31.4. The van der Waals surface area contributed by atoms with Crippen LogP contribution in [0, 0.1) is 0 Å². The van der Waals surface area contributed by atoms with E-state index in [2.05, 4.69) is 168 Å². The zero-order valence-corrected chi connectivity index (χ0v) is 32.2. The molecule has 0 radical (unpaired) electrons. The Kier molecular flexibility index (Phi) is 7.50. The van der Waals surface area contributed by atoms with Gasteiger partial charge in [-0.1, -0.05) is 152 Å². The fourth-order valence-electron chi connectivity index (χ4n) is 9.00. The first-order valence-electron chi connectivity index (χ1n) is 19.8. The molecule has 5 heteroatoms. The summed E-state index contributed by atoms with van der Waals surface area (Å²) < 4.78 is 5.00. The monoisotopic (exact) mass is 758 g/mol. The molecule has 0 amide bonds. The van der Waals surface area contributed by atoms with E-state index in [0.717, 1.165) is 40.7 Å². The van der Waals surface area contributed by atoms with Crippen LogP contribution in [0.25, 0.3) is 104 Å². The molecule has 58 heavy (non-hydrogen) atoms. The van der Waals surface area contributed by atoms with Gasteiger partial charge in [-0.2, -0.15) is 0 Å². The number of rotatable bonds is 5. The Balaban J connectivity index is 0.915. The van der Waals surface area contributed by atoms with Gasteiger partial charge in [0, 0.05) is 59.2 Å². The number of aromatic nitrogens is 4. The van der Waals surface area contributed by atoms with Gasteiger partial charge in [-0.05, 0) is 76.2 Å². The van der Waals surface area contributed by atoms with E-state index >= 15 is 0 Å². The lowest BCUT2D eigenvalue weighted by atomic mass is 9.87. The second-order valence-corrected chi connectivity index (χ2v) is 16.2. The maximum Gasteiger partial charge on any atom is 0.164 e. The van der Waals surface area contributed by atoms with E-state index in [4.69, 9.17) is 15.0 Å². The summed E-state index contributed by atoms with van der Waals surface area (Å²) in [4.78, 5) is 15.1. The van der Waals surface area contributed by atoms with Gasteiger partial charge < -0.3 is 4.57 Å². The van der Waals surface area contributed by atoms with Gasteiger partial charge in [0.1, 0.15) is 0 Å². The van der Waals surface area contributed by atoms with Crippen molar-refractivity contribution in [3.05, 3.63) is 193 Å². The second-order valence-electron chi connectivity index (χ2n) is 15.1. The molecule has 0 saturated carbocycles. The maximum atomic E-state index is 5.08. The Morgan fingerprint density at radius 3 is 1.84 bits per heavy atom. The summed E-state index contributed by atoms with van der Waals surface area (Å²) >= 11 is 1.80. The first-order chi connectivity index (χ1) is 28.7. The molecular weight excluding hydrogens is 725 g/mol. The van der Waals surface area contributed by atoms with E-state index in [1.807, 2.05) is 18.2 Å². The van der Waals surface area contributed by atoms with Crippen molar-refractivity contribution < 1.29 is 0 Å². The molecule has 272 valence electrons. The van der Waals surface area contributed by atoms with Crippen molar-refractivity contribution in [2.75, 3.05) is 0 Å². The standard InChI is InChI=1S/C53H34N4S/c1-2-12-37(13-3-1)51-54-52(56-53(55-51)39-24-29-44-43-16-8-9-17-47(43)58-48(44)32-39)38-20-18-33(19-21-38)34-22-27-40(28-23-34)57-45-30-25-35-10-4-6-14-41(35)49(45)50-42-15-7-5-11-36(42)26-31-46(50)57/h1-25,27-30,32H,26,31H2. The third-order valence-electron chi connectivity index (χ3n) is 11.8. The van der Waals surface area contributed by atoms with Gasteiger partial charge in [0.05, 0.1) is 5.52 Å². The molecular formula is C53H34N4S. The van der Waals surface area contributed by atoms with Crippen LogP contribution >= 0.6 is 11.3 Å². The minimum absolute atomic E-state index is 0.653. The van der Waals surface area contributed by atoms with E-state index in [0.29, 0.717) is 17.5 Å².